The van der Waals surface area contributed by atoms with Gasteiger partial charge in [0.2, 0.25) is 5.91 Å². The van der Waals surface area contributed by atoms with Crippen molar-refractivity contribution in [3.63, 3.8) is 0 Å². The predicted molar refractivity (Wildman–Crippen MR) is 71.1 cm³/mol. The van der Waals surface area contributed by atoms with Crippen molar-refractivity contribution in [2.24, 2.45) is 5.11 Å². The number of nitrogens with zero attached hydrogens (tertiary/aromatic N) is 3. The van der Waals surface area contributed by atoms with Gasteiger partial charge in [-0.2, -0.15) is 0 Å². The van der Waals surface area contributed by atoms with E-state index in [9.17, 15) is 4.79 Å². The summed E-state index contributed by atoms with van der Waals surface area (Å²) in [6.07, 6.45) is 2.05. The van der Waals surface area contributed by atoms with Crippen LogP contribution >= 0.6 is 0 Å². The molecule has 0 saturated heterocycles. The third-order valence-corrected chi connectivity index (χ3v) is 2.56. The molecule has 0 aliphatic rings. The molecule has 0 spiro atoms. The highest BCUT2D eigenvalue weighted by Gasteiger charge is 2.01. The van der Waals surface area contributed by atoms with Gasteiger partial charge < -0.3 is 5.32 Å². The SMILES string of the molecule is Cc1ccc(CC(=O)NCCCCN=[N+]=[N-])cc1. The van der Waals surface area contributed by atoms with Crippen LogP contribution in [0.2, 0.25) is 0 Å². The second kappa shape index (κ2) is 8.14. The molecule has 0 fully saturated rings. The van der Waals surface area contributed by atoms with E-state index in [1.54, 1.807) is 0 Å². The Morgan fingerprint density at radius 3 is 2.72 bits per heavy atom. The lowest BCUT2D eigenvalue weighted by molar-refractivity contribution is -0.120. The summed E-state index contributed by atoms with van der Waals surface area (Å²) in [6.45, 7) is 3.14. The number of aryl methyl sites for hydroxylation is 1. The molecule has 18 heavy (non-hydrogen) atoms. The van der Waals surface area contributed by atoms with E-state index in [1.807, 2.05) is 31.2 Å². The van der Waals surface area contributed by atoms with Crippen LogP contribution in [0.25, 0.3) is 10.4 Å². The molecule has 5 nitrogen and oxygen atoms in total. The molecule has 96 valence electrons. The zero-order chi connectivity index (χ0) is 13.2. The van der Waals surface area contributed by atoms with E-state index in [0.29, 0.717) is 19.5 Å². The fraction of sp³-hybridized carbons (Fsp3) is 0.462. The third-order valence-electron chi connectivity index (χ3n) is 2.56. The molecule has 0 atom stereocenters. The number of hydrogen-bond acceptors (Lipinski definition) is 2. The lowest BCUT2D eigenvalue weighted by Gasteiger charge is -2.05. The van der Waals surface area contributed by atoms with Gasteiger partial charge in [-0.15, -0.1) is 0 Å². The van der Waals surface area contributed by atoms with Gasteiger partial charge in [-0.1, -0.05) is 34.9 Å². The maximum atomic E-state index is 11.6. The number of unbranched alkanes of at least 4 members (excludes halogenated alkanes) is 1. The average Bonchev–Trinajstić information content (AvgIpc) is 2.36. The van der Waals surface area contributed by atoms with E-state index in [0.717, 1.165) is 18.4 Å². The van der Waals surface area contributed by atoms with Gasteiger partial charge in [0, 0.05) is 18.0 Å². The van der Waals surface area contributed by atoms with Crippen molar-refractivity contribution < 1.29 is 4.79 Å². The number of rotatable bonds is 7. The Morgan fingerprint density at radius 2 is 2.06 bits per heavy atom. The summed E-state index contributed by atoms with van der Waals surface area (Å²) in [7, 11) is 0. The maximum absolute atomic E-state index is 11.6. The van der Waals surface area contributed by atoms with Crippen LogP contribution in [0, 0.1) is 6.92 Å². The highest BCUT2D eigenvalue weighted by atomic mass is 16.1. The molecule has 1 amide bonds. The van der Waals surface area contributed by atoms with Crippen LogP contribution in [0.15, 0.2) is 29.4 Å². The summed E-state index contributed by atoms with van der Waals surface area (Å²) in [6, 6.07) is 7.94. The topological polar surface area (TPSA) is 77.9 Å². The maximum Gasteiger partial charge on any atom is 0.224 e. The number of hydrogen-bond donors (Lipinski definition) is 1. The number of amides is 1. The molecule has 0 unspecified atom stereocenters. The van der Waals surface area contributed by atoms with Crippen LogP contribution in [0.5, 0.6) is 0 Å². The zero-order valence-corrected chi connectivity index (χ0v) is 10.6. The fourth-order valence-corrected chi connectivity index (χ4v) is 1.53. The summed E-state index contributed by atoms with van der Waals surface area (Å²) in [5.74, 6) is 0.0302. The van der Waals surface area contributed by atoms with Crippen LogP contribution in [0.3, 0.4) is 0 Å². The van der Waals surface area contributed by atoms with E-state index in [1.165, 1.54) is 5.56 Å². The molecule has 0 aromatic heterocycles. The summed E-state index contributed by atoms with van der Waals surface area (Å²) in [4.78, 5) is 14.3. The Labute approximate surface area is 107 Å². The first-order valence-electron chi connectivity index (χ1n) is 6.05. The van der Waals surface area contributed by atoms with E-state index in [4.69, 9.17) is 5.53 Å². The highest BCUT2D eigenvalue weighted by molar-refractivity contribution is 5.78. The Balaban J connectivity index is 2.17. The quantitative estimate of drug-likeness (QED) is 0.341. The standard InChI is InChI=1S/C13H18N4O/c1-11-4-6-12(7-5-11)10-13(18)15-8-2-3-9-16-17-14/h4-7H,2-3,8-10H2,1H3,(H,15,18). The second-order valence-electron chi connectivity index (χ2n) is 4.17. The Morgan fingerprint density at radius 1 is 1.33 bits per heavy atom. The second-order valence-corrected chi connectivity index (χ2v) is 4.17. The van der Waals surface area contributed by atoms with Gasteiger partial charge in [0.05, 0.1) is 6.42 Å². The molecular formula is C13H18N4O. The van der Waals surface area contributed by atoms with Gasteiger partial charge in [-0.05, 0) is 30.9 Å². The van der Waals surface area contributed by atoms with Crippen LogP contribution in [-0.4, -0.2) is 19.0 Å². The van der Waals surface area contributed by atoms with Crippen molar-refractivity contribution in [3.8, 4) is 0 Å². The van der Waals surface area contributed by atoms with Gasteiger partial charge in [-0.25, -0.2) is 0 Å². The average molecular weight is 246 g/mol. The molecule has 1 aromatic rings. The molecule has 1 rings (SSSR count). The lowest BCUT2D eigenvalue weighted by atomic mass is 10.1. The molecule has 0 aliphatic carbocycles. The first-order chi connectivity index (χ1) is 8.72. The molecule has 0 saturated carbocycles. The summed E-state index contributed by atoms with van der Waals surface area (Å²) >= 11 is 0. The summed E-state index contributed by atoms with van der Waals surface area (Å²) in [5, 5.41) is 6.28. The minimum absolute atomic E-state index is 0.0302. The molecule has 0 heterocycles. The summed E-state index contributed by atoms with van der Waals surface area (Å²) < 4.78 is 0. The van der Waals surface area contributed by atoms with Crippen LogP contribution in [0.4, 0.5) is 0 Å². The van der Waals surface area contributed by atoms with Gasteiger partial charge in [-0.3, -0.25) is 4.79 Å². The molecular weight excluding hydrogens is 228 g/mol. The monoisotopic (exact) mass is 246 g/mol. The largest absolute Gasteiger partial charge is 0.356 e. The number of benzene rings is 1. The summed E-state index contributed by atoms with van der Waals surface area (Å²) in [5.41, 5.74) is 10.3. The first-order valence-corrected chi connectivity index (χ1v) is 6.05. The van der Waals surface area contributed by atoms with Crippen molar-refractivity contribution in [2.75, 3.05) is 13.1 Å². The van der Waals surface area contributed by atoms with Gasteiger partial charge >= 0.3 is 0 Å². The van der Waals surface area contributed by atoms with Crippen molar-refractivity contribution >= 4 is 5.91 Å². The Kier molecular flexibility index (Phi) is 6.36. The fourth-order valence-electron chi connectivity index (χ4n) is 1.53. The van der Waals surface area contributed by atoms with Gasteiger partial charge in [0.25, 0.3) is 0 Å². The van der Waals surface area contributed by atoms with E-state index in [2.05, 4.69) is 15.3 Å². The molecule has 1 N–H and O–H groups in total. The molecule has 1 aromatic carbocycles. The number of azide groups is 1. The van der Waals surface area contributed by atoms with Crippen LogP contribution in [-0.2, 0) is 11.2 Å². The molecule has 0 bridgehead atoms. The normalized spacial score (nSPS) is 9.61. The number of nitrogens with one attached hydrogen (secondary N) is 1. The minimum atomic E-state index is 0.0302. The molecule has 0 aliphatic heterocycles. The van der Waals surface area contributed by atoms with Crippen LogP contribution in [0.1, 0.15) is 24.0 Å². The van der Waals surface area contributed by atoms with Crippen LogP contribution < -0.4 is 5.32 Å². The zero-order valence-electron chi connectivity index (χ0n) is 10.6. The minimum Gasteiger partial charge on any atom is -0.356 e. The smallest absolute Gasteiger partial charge is 0.224 e. The van der Waals surface area contributed by atoms with E-state index in [-0.39, 0.29) is 5.91 Å². The first kappa shape index (κ1) is 14.1. The van der Waals surface area contributed by atoms with E-state index >= 15 is 0 Å². The number of carbonyl (C=O) groups is 1. The molecule has 0 radical (unpaired) electrons. The van der Waals surface area contributed by atoms with Crippen molar-refractivity contribution in [2.45, 2.75) is 26.2 Å². The lowest BCUT2D eigenvalue weighted by Crippen LogP contribution is -2.26. The van der Waals surface area contributed by atoms with Gasteiger partial charge in [0.15, 0.2) is 0 Å². The third kappa shape index (κ3) is 5.92. The van der Waals surface area contributed by atoms with Crippen molar-refractivity contribution in [1.29, 1.82) is 0 Å². The van der Waals surface area contributed by atoms with E-state index < -0.39 is 0 Å². The van der Waals surface area contributed by atoms with Crippen molar-refractivity contribution in [3.05, 3.63) is 45.8 Å². The Bertz CT molecular complexity index is 421. The molecule has 5 heteroatoms. The predicted octanol–water partition coefficient (Wildman–Crippen LogP) is 2.74. The Hall–Kier alpha value is -2.00. The highest BCUT2D eigenvalue weighted by Crippen LogP contribution is 2.03. The number of carbonyl (C=O) groups excluding carboxylic acids is 1. The van der Waals surface area contributed by atoms with Gasteiger partial charge in [0.1, 0.15) is 0 Å². The van der Waals surface area contributed by atoms with Crippen molar-refractivity contribution in [1.82, 2.24) is 5.32 Å².